The lowest BCUT2D eigenvalue weighted by Crippen LogP contribution is -2.45. The molecule has 2 saturated carbocycles. The van der Waals surface area contributed by atoms with Crippen molar-refractivity contribution in [3.05, 3.63) is 0 Å². The summed E-state index contributed by atoms with van der Waals surface area (Å²) >= 11 is 0. The van der Waals surface area contributed by atoms with Crippen LogP contribution >= 0.6 is 0 Å². The van der Waals surface area contributed by atoms with Gasteiger partial charge in [0.05, 0.1) is 0 Å². The second-order valence-corrected chi connectivity index (χ2v) is 13.2. The van der Waals surface area contributed by atoms with E-state index in [0.29, 0.717) is 22.2 Å². The molecular formula is C26H52N2. The summed E-state index contributed by atoms with van der Waals surface area (Å²) in [5.74, 6) is 3.17. The lowest BCUT2D eigenvalue weighted by Gasteiger charge is -2.48. The van der Waals surface area contributed by atoms with E-state index < -0.39 is 0 Å². The van der Waals surface area contributed by atoms with E-state index in [1.54, 1.807) is 0 Å². The van der Waals surface area contributed by atoms with Crippen molar-refractivity contribution in [2.75, 3.05) is 6.54 Å². The van der Waals surface area contributed by atoms with Gasteiger partial charge in [-0.3, -0.25) is 0 Å². The van der Waals surface area contributed by atoms with Gasteiger partial charge in [0.15, 0.2) is 0 Å². The summed E-state index contributed by atoms with van der Waals surface area (Å²) in [4.78, 5) is 0. The van der Waals surface area contributed by atoms with E-state index in [4.69, 9.17) is 11.5 Å². The molecule has 0 amide bonds. The van der Waals surface area contributed by atoms with Gasteiger partial charge < -0.3 is 11.5 Å². The van der Waals surface area contributed by atoms with E-state index in [0.717, 1.165) is 24.3 Å². The van der Waals surface area contributed by atoms with Crippen molar-refractivity contribution in [3.8, 4) is 0 Å². The Bertz CT molecular complexity index is 495. The van der Waals surface area contributed by atoms with E-state index in [-0.39, 0.29) is 5.54 Å². The van der Waals surface area contributed by atoms with Crippen LogP contribution in [0.15, 0.2) is 0 Å². The van der Waals surface area contributed by atoms with Crippen molar-refractivity contribution >= 4 is 0 Å². The molecule has 4 atom stereocenters. The van der Waals surface area contributed by atoms with Crippen molar-refractivity contribution in [1.82, 2.24) is 0 Å². The number of hydrogen-bond donors (Lipinski definition) is 2. The molecule has 2 nitrogen and oxygen atoms in total. The molecule has 0 aromatic rings. The molecule has 2 aliphatic carbocycles. The van der Waals surface area contributed by atoms with Crippen molar-refractivity contribution in [3.63, 3.8) is 0 Å². The third kappa shape index (κ3) is 5.97. The Morgan fingerprint density at radius 3 is 2.04 bits per heavy atom. The average Bonchev–Trinajstić information content (AvgIpc) is 2.57. The van der Waals surface area contributed by atoms with Crippen molar-refractivity contribution in [1.29, 1.82) is 0 Å². The first-order valence-corrected chi connectivity index (χ1v) is 12.2. The van der Waals surface area contributed by atoms with Crippen LogP contribution in [0.25, 0.3) is 0 Å². The fraction of sp³-hybridized carbons (Fsp3) is 1.00. The maximum absolute atomic E-state index is 6.40. The maximum atomic E-state index is 6.40. The van der Waals surface area contributed by atoms with Crippen molar-refractivity contribution < 1.29 is 0 Å². The summed E-state index contributed by atoms with van der Waals surface area (Å²) in [5.41, 5.74) is 13.9. The molecule has 0 saturated heterocycles. The Labute approximate surface area is 177 Å². The lowest BCUT2D eigenvalue weighted by atomic mass is 9.57. The molecule has 28 heavy (non-hydrogen) atoms. The number of rotatable bonds is 7. The Hall–Kier alpha value is -0.0800. The zero-order valence-corrected chi connectivity index (χ0v) is 20.5. The maximum Gasteiger partial charge on any atom is 0.0125 e. The third-order valence-electron chi connectivity index (χ3n) is 9.20. The van der Waals surface area contributed by atoms with Gasteiger partial charge in [-0.1, -0.05) is 48.0 Å². The predicted octanol–water partition coefficient (Wildman–Crippen LogP) is 6.76. The Morgan fingerprint density at radius 1 is 0.964 bits per heavy atom. The van der Waals surface area contributed by atoms with E-state index in [9.17, 15) is 0 Å². The van der Waals surface area contributed by atoms with Crippen LogP contribution in [0.3, 0.4) is 0 Å². The van der Waals surface area contributed by atoms with Crippen LogP contribution in [-0.2, 0) is 0 Å². The fourth-order valence-electron chi connectivity index (χ4n) is 6.88. The van der Waals surface area contributed by atoms with Gasteiger partial charge in [0, 0.05) is 5.54 Å². The van der Waals surface area contributed by atoms with E-state index in [1.165, 1.54) is 57.8 Å². The molecular weight excluding hydrogens is 340 g/mol. The zero-order valence-electron chi connectivity index (χ0n) is 20.5. The minimum Gasteiger partial charge on any atom is -0.330 e. The normalized spacial score (nSPS) is 38.8. The van der Waals surface area contributed by atoms with Crippen LogP contribution in [0, 0.1) is 39.9 Å². The van der Waals surface area contributed by atoms with Crippen LogP contribution in [0.2, 0.25) is 0 Å². The van der Waals surface area contributed by atoms with Crippen LogP contribution in [0.1, 0.15) is 113 Å². The molecule has 2 aliphatic rings. The highest BCUT2D eigenvalue weighted by Crippen LogP contribution is 2.52. The summed E-state index contributed by atoms with van der Waals surface area (Å²) in [7, 11) is 0. The lowest BCUT2D eigenvalue weighted by molar-refractivity contribution is 0.0286. The fourth-order valence-corrected chi connectivity index (χ4v) is 6.88. The Balaban J connectivity index is 1.89. The van der Waals surface area contributed by atoms with Gasteiger partial charge in [-0.05, 0) is 112 Å². The van der Waals surface area contributed by atoms with Crippen molar-refractivity contribution in [2.24, 2.45) is 51.4 Å². The monoisotopic (exact) mass is 392 g/mol. The zero-order chi connectivity index (χ0) is 21.4. The van der Waals surface area contributed by atoms with Crippen LogP contribution < -0.4 is 11.5 Å². The highest BCUT2D eigenvalue weighted by atomic mass is 14.7. The largest absolute Gasteiger partial charge is 0.330 e. The van der Waals surface area contributed by atoms with Crippen LogP contribution in [0.4, 0.5) is 0 Å². The molecule has 2 rings (SSSR count). The van der Waals surface area contributed by atoms with Gasteiger partial charge in [0.1, 0.15) is 0 Å². The predicted molar refractivity (Wildman–Crippen MR) is 124 cm³/mol. The van der Waals surface area contributed by atoms with Gasteiger partial charge in [-0.2, -0.15) is 0 Å². The molecule has 2 heteroatoms. The molecule has 0 aliphatic heterocycles. The average molecular weight is 393 g/mol. The minimum atomic E-state index is -0.0114. The topological polar surface area (TPSA) is 52.0 Å². The van der Waals surface area contributed by atoms with Gasteiger partial charge in [0.25, 0.3) is 0 Å². The van der Waals surface area contributed by atoms with Crippen LogP contribution in [-0.4, -0.2) is 12.1 Å². The minimum absolute atomic E-state index is 0.0114. The van der Waals surface area contributed by atoms with Gasteiger partial charge in [-0.25, -0.2) is 0 Å². The number of nitrogens with two attached hydrogens (primary N) is 2. The van der Waals surface area contributed by atoms with E-state index in [2.05, 4.69) is 55.4 Å². The molecule has 0 aromatic heterocycles. The summed E-state index contributed by atoms with van der Waals surface area (Å²) in [6, 6.07) is 0. The highest BCUT2D eigenvalue weighted by molar-refractivity contribution is 4.95. The first-order chi connectivity index (χ1) is 12.7. The van der Waals surface area contributed by atoms with E-state index in [1.807, 2.05) is 0 Å². The molecule has 0 radical (unpaired) electrons. The van der Waals surface area contributed by atoms with E-state index >= 15 is 0 Å². The number of hydrogen-bond acceptors (Lipinski definition) is 2. The van der Waals surface area contributed by atoms with Gasteiger partial charge in [0.2, 0.25) is 0 Å². The molecule has 0 heterocycles. The van der Waals surface area contributed by atoms with Gasteiger partial charge in [-0.15, -0.1) is 0 Å². The highest BCUT2D eigenvalue weighted by Gasteiger charge is 2.43. The summed E-state index contributed by atoms with van der Waals surface area (Å²) < 4.78 is 0. The molecule has 0 spiro atoms. The Kier molecular flexibility index (Phi) is 7.41. The second kappa shape index (κ2) is 8.58. The second-order valence-electron chi connectivity index (χ2n) is 13.2. The third-order valence-corrected chi connectivity index (χ3v) is 9.20. The molecule has 4 unspecified atom stereocenters. The molecule has 4 N–H and O–H groups in total. The molecule has 0 bridgehead atoms. The Morgan fingerprint density at radius 2 is 1.54 bits per heavy atom. The molecule has 166 valence electrons. The molecule has 2 fully saturated rings. The van der Waals surface area contributed by atoms with Crippen LogP contribution in [0.5, 0.6) is 0 Å². The smallest absolute Gasteiger partial charge is 0.0125 e. The quantitative estimate of drug-likeness (QED) is 0.502. The van der Waals surface area contributed by atoms with Gasteiger partial charge >= 0.3 is 0 Å². The SMILES string of the molecule is CC(CCC(C)C1(C)CCC(C(C)(C)N)CC1)C1CC(C)(C)CC(C)(CN)C1. The summed E-state index contributed by atoms with van der Waals surface area (Å²) in [5, 5.41) is 0. The summed E-state index contributed by atoms with van der Waals surface area (Å²) in [6.07, 6.45) is 12.1. The summed E-state index contributed by atoms with van der Waals surface area (Å²) in [6.45, 7) is 20.2. The van der Waals surface area contributed by atoms with Crippen molar-refractivity contribution in [2.45, 2.75) is 119 Å². The molecule has 0 aromatic carbocycles. The first-order valence-electron chi connectivity index (χ1n) is 12.2. The first kappa shape index (κ1) is 24.2. The standard InChI is InChI=1S/C26H52N2/c1-19(21-15-23(3,4)17-25(7,16-21)18-27)9-10-20(2)26(8)13-11-22(12-14-26)24(5,6)28/h19-22H,9-18,27-28H2,1-8H3.